The van der Waals surface area contributed by atoms with Gasteiger partial charge in [-0.1, -0.05) is 60.7 Å². The lowest BCUT2D eigenvalue weighted by molar-refractivity contribution is -0.0526. The zero-order valence-corrected chi connectivity index (χ0v) is 16.4. The summed E-state index contributed by atoms with van der Waals surface area (Å²) in [6.45, 7) is -0.0560. The summed E-state index contributed by atoms with van der Waals surface area (Å²) in [6.07, 6.45) is 0.298. The van der Waals surface area contributed by atoms with Crippen LogP contribution in [0.25, 0.3) is 0 Å². The summed E-state index contributed by atoms with van der Waals surface area (Å²) in [7, 11) is -5.79. The van der Waals surface area contributed by atoms with E-state index in [9.17, 15) is 26.4 Å². The van der Waals surface area contributed by atoms with Crippen molar-refractivity contribution in [3.63, 3.8) is 0 Å². The minimum Gasteiger partial charge on any atom is -0.445 e. The van der Waals surface area contributed by atoms with E-state index in [4.69, 9.17) is 4.74 Å². The van der Waals surface area contributed by atoms with Crippen LogP contribution in [0, 0.1) is 0 Å². The smallest absolute Gasteiger partial charge is 0.445 e. The maximum Gasteiger partial charge on any atom is 0.534 e. The Balaban J connectivity index is 1.82. The molecule has 0 bridgehead atoms. The van der Waals surface area contributed by atoms with Gasteiger partial charge in [-0.25, -0.2) is 4.79 Å². The number of benzene rings is 2. The second-order valence-corrected chi connectivity index (χ2v) is 7.99. The summed E-state index contributed by atoms with van der Waals surface area (Å²) < 4.78 is 70.3. The minimum atomic E-state index is -5.79. The fourth-order valence-corrected chi connectivity index (χ4v) is 3.43. The van der Waals surface area contributed by atoms with Gasteiger partial charge >= 0.3 is 21.7 Å². The third-order valence-electron chi connectivity index (χ3n) is 4.36. The number of halogens is 3. The molecule has 2 aromatic rings. The van der Waals surface area contributed by atoms with Gasteiger partial charge in [0.25, 0.3) is 0 Å². The van der Waals surface area contributed by atoms with E-state index in [1.807, 2.05) is 6.07 Å². The van der Waals surface area contributed by atoms with E-state index in [1.165, 1.54) is 11.0 Å². The summed E-state index contributed by atoms with van der Waals surface area (Å²) in [6, 6.07) is 16.6. The second kappa shape index (κ2) is 8.78. The lowest BCUT2D eigenvalue weighted by Gasteiger charge is -2.33. The largest absolute Gasteiger partial charge is 0.534 e. The van der Waals surface area contributed by atoms with Gasteiger partial charge in [0.05, 0.1) is 6.04 Å². The van der Waals surface area contributed by atoms with E-state index in [2.05, 4.69) is 4.18 Å². The zero-order chi connectivity index (χ0) is 21.8. The normalized spacial score (nSPS) is 17.2. The Hall–Kier alpha value is -3.01. The van der Waals surface area contributed by atoms with Crippen LogP contribution in [0.5, 0.6) is 0 Å². The molecule has 0 saturated heterocycles. The fourth-order valence-electron chi connectivity index (χ4n) is 2.91. The van der Waals surface area contributed by atoms with Gasteiger partial charge in [0.2, 0.25) is 0 Å². The molecule has 6 nitrogen and oxygen atoms in total. The Morgan fingerprint density at radius 2 is 1.63 bits per heavy atom. The van der Waals surface area contributed by atoms with Crippen molar-refractivity contribution >= 4 is 16.2 Å². The van der Waals surface area contributed by atoms with Crippen LogP contribution in [0.3, 0.4) is 0 Å². The van der Waals surface area contributed by atoms with Crippen LogP contribution in [-0.4, -0.2) is 31.5 Å². The molecule has 1 amide bonds. The van der Waals surface area contributed by atoms with Gasteiger partial charge in [-0.3, -0.25) is 4.90 Å². The van der Waals surface area contributed by atoms with Crippen LogP contribution in [0.2, 0.25) is 0 Å². The number of nitrogens with zero attached hydrogens (tertiary/aromatic N) is 1. The van der Waals surface area contributed by atoms with Crippen LogP contribution >= 0.6 is 0 Å². The van der Waals surface area contributed by atoms with Crippen LogP contribution in [0.15, 0.2) is 72.5 Å². The third-order valence-corrected chi connectivity index (χ3v) is 5.36. The maximum absolute atomic E-state index is 12.7. The molecular formula is C20H18F3NO5S. The Morgan fingerprint density at radius 3 is 2.23 bits per heavy atom. The molecule has 30 heavy (non-hydrogen) atoms. The molecule has 1 aliphatic heterocycles. The Kier molecular flexibility index (Phi) is 6.35. The van der Waals surface area contributed by atoms with Crippen molar-refractivity contribution in [1.82, 2.24) is 4.90 Å². The molecule has 1 atom stereocenters. The van der Waals surface area contributed by atoms with Gasteiger partial charge in [0.15, 0.2) is 0 Å². The highest BCUT2D eigenvalue weighted by molar-refractivity contribution is 7.87. The molecule has 160 valence electrons. The molecule has 0 N–H and O–H groups in total. The predicted molar refractivity (Wildman–Crippen MR) is 101 cm³/mol. The van der Waals surface area contributed by atoms with Crippen molar-refractivity contribution in [2.75, 3.05) is 6.54 Å². The molecule has 0 saturated carbocycles. The van der Waals surface area contributed by atoms with Crippen molar-refractivity contribution < 1.29 is 35.3 Å². The molecule has 1 heterocycles. The molecule has 3 rings (SSSR count). The van der Waals surface area contributed by atoms with E-state index < -0.39 is 27.8 Å². The highest BCUT2D eigenvalue weighted by Gasteiger charge is 2.49. The summed E-state index contributed by atoms with van der Waals surface area (Å²) in [4.78, 5) is 14.0. The Bertz CT molecular complexity index is 1010. The molecule has 1 unspecified atom stereocenters. The zero-order valence-electron chi connectivity index (χ0n) is 15.6. The number of hydrogen-bond donors (Lipinski definition) is 0. The first-order valence-electron chi connectivity index (χ1n) is 8.91. The average Bonchev–Trinajstić information content (AvgIpc) is 2.72. The summed E-state index contributed by atoms with van der Waals surface area (Å²) in [5.74, 6) is -0.381. The topological polar surface area (TPSA) is 72.9 Å². The molecule has 2 aromatic carbocycles. The van der Waals surface area contributed by atoms with E-state index in [0.717, 1.165) is 5.56 Å². The lowest BCUT2D eigenvalue weighted by atomic mass is 10.0. The number of amides is 1. The molecule has 10 heteroatoms. The molecule has 0 spiro atoms. The van der Waals surface area contributed by atoms with Crippen molar-refractivity contribution in [2.24, 2.45) is 0 Å². The van der Waals surface area contributed by atoms with Gasteiger partial charge in [0.1, 0.15) is 12.4 Å². The first kappa shape index (κ1) is 21.7. The maximum atomic E-state index is 12.7. The number of alkyl halides is 3. The number of hydrogen-bond acceptors (Lipinski definition) is 5. The molecule has 0 fully saturated rings. The summed E-state index contributed by atoms with van der Waals surface area (Å²) in [5, 5.41) is 0. The minimum absolute atomic E-state index is 0.0210. The van der Waals surface area contributed by atoms with Crippen LogP contribution in [0.1, 0.15) is 23.6 Å². The highest BCUT2D eigenvalue weighted by atomic mass is 32.2. The molecule has 1 aliphatic rings. The number of ether oxygens (including phenoxy) is 1. The van der Waals surface area contributed by atoms with Gasteiger partial charge in [0, 0.05) is 13.0 Å². The summed E-state index contributed by atoms with van der Waals surface area (Å²) >= 11 is 0. The van der Waals surface area contributed by atoms with Gasteiger partial charge in [-0.2, -0.15) is 21.6 Å². The molecular weight excluding hydrogens is 423 g/mol. The van der Waals surface area contributed by atoms with Crippen LogP contribution in [-0.2, 0) is 25.6 Å². The number of rotatable bonds is 5. The van der Waals surface area contributed by atoms with Crippen molar-refractivity contribution in [1.29, 1.82) is 0 Å². The fraction of sp³-hybridized carbons (Fsp3) is 0.250. The highest BCUT2D eigenvalue weighted by Crippen LogP contribution is 2.34. The van der Waals surface area contributed by atoms with E-state index in [1.54, 1.807) is 54.6 Å². The quantitative estimate of drug-likeness (QED) is 0.504. The predicted octanol–water partition coefficient (Wildman–Crippen LogP) is 4.52. The van der Waals surface area contributed by atoms with Gasteiger partial charge in [-0.15, -0.1) is 0 Å². The van der Waals surface area contributed by atoms with E-state index in [0.29, 0.717) is 5.56 Å². The van der Waals surface area contributed by atoms with E-state index in [-0.39, 0.29) is 25.3 Å². The van der Waals surface area contributed by atoms with Gasteiger partial charge in [-0.05, 0) is 17.2 Å². The summed E-state index contributed by atoms with van der Waals surface area (Å²) in [5.41, 5.74) is -4.20. The first-order valence-corrected chi connectivity index (χ1v) is 10.3. The number of carbonyl (C=O) groups is 1. The van der Waals surface area contributed by atoms with E-state index >= 15 is 0 Å². The Labute approximate surface area is 171 Å². The molecule has 0 aromatic heterocycles. The molecule has 0 aliphatic carbocycles. The van der Waals surface area contributed by atoms with Crippen LogP contribution in [0.4, 0.5) is 18.0 Å². The first-order chi connectivity index (χ1) is 14.2. The SMILES string of the molecule is O=C(OCc1ccccc1)N1CCC(OS(=O)(=O)C(F)(F)F)=CC1c1ccccc1. The lowest BCUT2D eigenvalue weighted by Crippen LogP contribution is -2.39. The molecule has 0 radical (unpaired) electrons. The van der Waals surface area contributed by atoms with Crippen molar-refractivity contribution in [3.05, 3.63) is 83.6 Å². The van der Waals surface area contributed by atoms with Crippen LogP contribution < -0.4 is 0 Å². The average molecular weight is 441 g/mol. The standard InChI is InChI=1S/C20H18F3NO5S/c21-20(22,23)30(26,27)29-17-11-12-24(18(13-17)16-9-5-2-6-10-16)19(25)28-14-15-7-3-1-4-8-15/h1-10,13,18H,11-12,14H2. The van der Waals surface area contributed by atoms with Crippen molar-refractivity contribution in [2.45, 2.75) is 24.6 Å². The second-order valence-electron chi connectivity index (χ2n) is 6.46. The number of carbonyl (C=O) groups excluding carboxylic acids is 1. The van der Waals surface area contributed by atoms with Gasteiger partial charge < -0.3 is 8.92 Å². The third kappa shape index (κ3) is 5.12. The Morgan fingerprint density at radius 1 is 1.03 bits per heavy atom. The monoisotopic (exact) mass is 441 g/mol. The van der Waals surface area contributed by atoms with Crippen molar-refractivity contribution in [3.8, 4) is 0 Å².